The molecule has 4 nitrogen and oxygen atoms in total. The van der Waals surface area contributed by atoms with Crippen LogP contribution >= 0.6 is 0 Å². The minimum absolute atomic E-state index is 0.286. The van der Waals surface area contributed by atoms with E-state index < -0.39 is 6.04 Å². The predicted molar refractivity (Wildman–Crippen MR) is 71.2 cm³/mol. The molecule has 1 saturated carbocycles. The highest BCUT2D eigenvalue weighted by Gasteiger charge is 2.33. The molecule has 0 amide bonds. The molecule has 1 aliphatic carbocycles. The van der Waals surface area contributed by atoms with Gasteiger partial charge in [0.15, 0.2) is 0 Å². The first-order valence-corrected chi connectivity index (χ1v) is 7.30. The van der Waals surface area contributed by atoms with Crippen LogP contribution in [0.2, 0.25) is 0 Å². The second-order valence-electron chi connectivity index (χ2n) is 5.71. The van der Waals surface area contributed by atoms with Gasteiger partial charge in [0.1, 0.15) is 6.04 Å². The number of hydrogen-bond acceptors (Lipinski definition) is 4. The van der Waals surface area contributed by atoms with Crippen molar-refractivity contribution in [2.75, 3.05) is 20.2 Å². The van der Waals surface area contributed by atoms with E-state index in [9.17, 15) is 4.79 Å². The average molecular weight is 254 g/mol. The number of nitrogens with zero attached hydrogens (tertiary/aromatic N) is 1. The lowest BCUT2D eigenvalue weighted by molar-refractivity contribution is -0.142. The molecule has 0 bridgehead atoms. The molecule has 104 valence electrons. The van der Waals surface area contributed by atoms with E-state index >= 15 is 0 Å². The largest absolute Gasteiger partial charge is 0.468 e. The van der Waals surface area contributed by atoms with Gasteiger partial charge < -0.3 is 15.4 Å². The van der Waals surface area contributed by atoms with Gasteiger partial charge in [0, 0.05) is 12.6 Å². The molecule has 0 aromatic heterocycles. The van der Waals surface area contributed by atoms with Gasteiger partial charge in [-0.05, 0) is 44.6 Å². The molecule has 0 aromatic rings. The molecule has 2 N–H and O–H groups in total. The topological polar surface area (TPSA) is 55.6 Å². The molecular formula is C14H26N2O2. The molecule has 4 heteroatoms. The maximum Gasteiger partial charge on any atom is 0.322 e. The number of likely N-dealkylation sites (tertiary alicyclic amines) is 1. The molecule has 0 spiro atoms. The zero-order valence-electron chi connectivity index (χ0n) is 11.4. The maximum atomic E-state index is 11.3. The Morgan fingerprint density at radius 2 is 2.06 bits per heavy atom. The van der Waals surface area contributed by atoms with E-state index in [1.807, 2.05) is 0 Å². The number of carbonyl (C=O) groups excluding carboxylic acids is 1. The molecule has 0 radical (unpaired) electrons. The molecule has 2 fully saturated rings. The number of ether oxygens (including phenoxy) is 1. The first kappa shape index (κ1) is 13.8. The molecule has 1 saturated heterocycles. The van der Waals surface area contributed by atoms with Crippen LogP contribution in [0.3, 0.4) is 0 Å². The first-order chi connectivity index (χ1) is 8.72. The Hall–Kier alpha value is -0.610. The summed E-state index contributed by atoms with van der Waals surface area (Å²) >= 11 is 0. The highest BCUT2D eigenvalue weighted by molar-refractivity contribution is 5.75. The van der Waals surface area contributed by atoms with Crippen molar-refractivity contribution in [3.63, 3.8) is 0 Å². The summed E-state index contributed by atoms with van der Waals surface area (Å²) in [7, 11) is 1.40. The second kappa shape index (κ2) is 6.53. The highest BCUT2D eigenvalue weighted by Crippen LogP contribution is 2.35. The average Bonchev–Trinajstić information content (AvgIpc) is 3.04. The van der Waals surface area contributed by atoms with E-state index in [0.717, 1.165) is 24.9 Å². The van der Waals surface area contributed by atoms with Gasteiger partial charge in [-0.3, -0.25) is 4.79 Å². The van der Waals surface area contributed by atoms with Gasteiger partial charge >= 0.3 is 5.97 Å². The Morgan fingerprint density at radius 3 is 2.72 bits per heavy atom. The molecular weight excluding hydrogens is 228 g/mol. The quantitative estimate of drug-likeness (QED) is 0.756. The standard InChI is InChI=1S/C14H26N2O2/c1-18-14(17)12(15)8-10-16-9-4-7-13(16)11-5-2-3-6-11/h11-13H,2-10,15H2,1H3. The molecule has 2 atom stereocenters. The van der Waals surface area contributed by atoms with Gasteiger partial charge in [0.25, 0.3) is 0 Å². The predicted octanol–water partition coefficient (Wildman–Crippen LogP) is 1.53. The van der Waals surface area contributed by atoms with E-state index in [1.54, 1.807) is 0 Å². The molecule has 2 unspecified atom stereocenters. The smallest absolute Gasteiger partial charge is 0.322 e. The Kier molecular flexibility index (Phi) is 5.01. The lowest BCUT2D eigenvalue weighted by atomic mass is 9.96. The Labute approximate surface area is 110 Å². The highest BCUT2D eigenvalue weighted by atomic mass is 16.5. The fraction of sp³-hybridized carbons (Fsp3) is 0.929. The summed E-state index contributed by atoms with van der Waals surface area (Å²) in [5, 5.41) is 0. The Bertz CT molecular complexity index is 277. The van der Waals surface area contributed by atoms with E-state index in [0.29, 0.717) is 0 Å². The maximum absolute atomic E-state index is 11.3. The third-order valence-electron chi connectivity index (χ3n) is 4.59. The van der Waals surface area contributed by atoms with Crippen LogP contribution in [0.4, 0.5) is 0 Å². The van der Waals surface area contributed by atoms with E-state index in [1.165, 1.54) is 52.2 Å². The Morgan fingerprint density at radius 1 is 1.33 bits per heavy atom. The fourth-order valence-corrected chi connectivity index (χ4v) is 3.58. The number of hydrogen-bond donors (Lipinski definition) is 1. The lowest BCUT2D eigenvalue weighted by Gasteiger charge is -2.29. The summed E-state index contributed by atoms with van der Waals surface area (Å²) in [6.07, 6.45) is 8.93. The summed E-state index contributed by atoms with van der Waals surface area (Å²) in [4.78, 5) is 13.8. The van der Waals surface area contributed by atoms with Crippen molar-refractivity contribution < 1.29 is 9.53 Å². The second-order valence-corrected chi connectivity index (χ2v) is 5.71. The van der Waals surface area contributed by atoms with Crippen molar-refractivity contribution in [1.82, 2.24) is 4.90 Å². The van der Waals surface area contributed by atoms with Crippen LogP contribution in [0.5, 0.6) is 0 Å². The van der Waals surface area contributed by atoms with E-state index in [2.05, 4.69) is 9.64 Å². The molecule has 2 rings (SSSR count). The third kappa shape index (κ3) is 3.23. The zero-order chi connectivity index (χ0) is 13.0. The van der Waals surface area contributed by atoms with Gasteiger partial charge in [0.05, 0.1) is 7.11 Å². The molecule has 18 heavy (non-hydrogen) atoms. The van der Waals surface area contributed by atoms with Crippen molar-refractivity contribution >= 4 is 5.97 Å². The fourth-order valence-electron chi connectivity index (χ4n) is 3.58. The number of carbonyl (C=O) groups is 1. The van der Waals surface area contributed by atoms with E-state index in [4.69, 9.17) is 5.73 Å². The van der Waals surface area contributed by atoms with Crippen LogP contribution < -0.4 is 5.73 Å². The minimum Gasteiger partial charge on any atom is -0.468 e. The van der Waals surface area contributed by atoms with Gasteiger partial charge in [-0.25, -0.2) is 0 Å². The van der Waals surface area contributed by atoms with Crippen LogP contribution in [0.15, 0.2) is 0 Å². The molecule has 1 heterocycles. The lowest BCUT2D eigenvalue weighted by Crippen LogP contribution is -2.40. The molecule has 2 aliphatic rings. The van der Waals surface area contributed by atoms with Crippen LogP contribution in [-0.2, 0) is 9.53 Å². The number of rotatable bonds is 5. The van der Waals surface area contributed by atoms with Crippen molar-refractivity contribution in [2.45, 2.75) is 57.0 Å². The number of methoxy groups -OCH3 is 1. The van der Waals surface area contributed by atoms with Crippen LogP contribution in [0.25, 0.3) is 0 Å². The summed E-state index contributed by atoms with van der Waals surface area (Å²) in [6.45, 7) is 2.12. The van der Waals surface area contributed by atoms with Gasteiger partial charge in [-0.2, -0.15) is 0 Å². The normalized spacial score (nSPS) is 27.6. The van der Waals surface area contributed by atoms with E-state index in [-0.39, 0.29) is 5.97 Å². The zero-order valence-corrected chi connectivity index (χ0v) is 11.4. The van der Waals surface area contributed by atoms with Crippen molar-refractivity contribution in [2.24, 2.45) is 11.7 Å². The van der Waals surface area contributed by atoms with Crippen LogP contribution in [0.1, 0.15) is 44.9 Å². The van der Waals surface area contributed by atoms with Crippen LogP contribution in [0, 0.1) is 5.92 Å². The number of esters is 1. The molecule has 0 aromatic carbocycles. The minimum atomic E-state index is -0.458. The van der Waals surface area contributed by atoms with Crippen molar-refractivity contribution in [3.8, 4) is 0 Å². The van der Waals surface area contributed by atoms with Crippen molar-refractivity contribution in [1.29, 1.82) is 0 Å². The Balaban J connectivity index is 1.79. The SMILES string of the molecule is COC(=O)C(N)CCN1CCCC1C1CCCC1. The summed E-state index contributed by atoms with van der Waals surface area (Å²) < 4.78 is 4.67. The summed E-state index contributed by atoms with van der Waals surface area (Å²) in [5.74, 6) is 0.605. The van der Waals surface area contributed by atoms with Crippen molar-refractivity contribution in [3.05, 3.63) is 0 Å². The number of nitrogens with two attached hydrogens (primary N) is 1. The third-order valence-corrected chi connectivity index (χ3v) is 4.59. The van der Waals surface area contributed by atoms with Crippen LogP contribution in [-0.4, -0.2) is 43.2 Å². The summed E-state index contributed by atoms with van der Waals surface area (Å²) in [6, 6.07) is 0.289. The first-order valence-electron chi connectivity index (χ1n) is 7.30. The monoisotopic (exact) mass is 254 g/mol. The summed E-state index contributed by atoms with van der Waals surface area (Å²) in [5.41, 5.74) is 5.80. The van der Waals surface area contributed by atoms with Gasteiger partial charge in [0.2, 0.25) is 0 Å². The van der Waals surface area contributed by atoms with Gasteiger partial charge in [-0.1, -0.05) is 12.8 Å². The molecule has 1 aliphatic heterocycles. The van der Waals surface area contributed by atoms with Gasteiger partial charge in [-0.15, -0.1) is 0 Å².